The van der Waals surface area contributed by atoms with Gasteiger partial charge in [0.15, 0.2) is 0 Å². The summed E-state index contributed by atoms with van der Waals surface area (Å²) < 4.78 is 6.07. The van der Waals surface area contributed by atoms with Gasteiger partial charge in [-0.3, -0.25) is 19.2 Å². The topological polar surface area (TPSA) is 121 Å². The number of hydrogen-bond donors (Lipinski definition) is 2. The summed E-state index contributed by atoms with van der Waals surface area (Å²) in [6.45, 7) is 1.61. The lowest BCUT2D eigenvalue weighted by Crippen LogP contribution is -2.37. The van der Waals surface area contributed by atoms with Gasteiger partial charge in [-0.2, -0.15) is 0 Å². The molecule has 0 unspecified atom stereocenters. The number of nitrogens with zero attached hydrogens (tertiary/aromatic N) is 3. The number of pyridine rings is 1. The molecule has 4 amide bonds. The van der Waals surface area contributed by atoms with Crippen molar-refractivity contribution >= 4 is 69.5 Å². The minimum Gasteiger partial charge on any atom is -0.487 e. The van der Waals surface area contributed by atoms with Crippen LogP contribution in [0, 0.1) is 6.92 Å². The van der Waals surface area contributed by atoms with Crippen molar-refractivity contribution in [2.45, 2.75) is 13.5 Å². The highest BCUT2D eigenvalue weighted by molar-refractivity contribution is 6.38. The van der Waals surface area contributed by atoms with E-state index in [1.54, 1.807) is 49.5 Å². The molecule has 0 aliphatic carbocycles. The fraction of sp³-hybridized carbons (Fsp3) is 0.206. The first-order valence-corrected chi connectivity index (χ1v) is 15.0. The third kappa shape index (κ3) is 8.41. The minimum atomic E-state index is -0.484. The lowest BCUT2D eigenvalue weighted by molar-refractivity contribution is -0.122. The Morgan fingerprint density at radius 2 is 1.70 bits per heavy atom. The molecule has 0 spiro atoms. The van der Waals surface area contributed by atoms with Crippen LogP contribution in [0.3, 0.4) is 0 Å². The first kappa shape index (κ1) is 34.0. The summed E-state index contributed by atoms with van der Waals surface area (Å²) in [5.74, 6) is -0.897. The average Bonchev–Trinajstić information content (AvgIpc) is 3.05. The largest absolute Gasteiger partial charge is 0.487 e. The van der Waals surface area contributed by atoms with Crippen molar-refractivity contribution in [3.8, 4) is 5.75 Å². The van der Waals surface area contributed by atoms with Gasteiger partial charge in [0.2, 0.25) is 17.7 Å². The zero-order valence-corrected chi connectivity index (χ0v) is 27.3. The molecule has 0 aliphatic heterocycles. The molecule has 1 heterocycles. The number of nitrogens with one attached hydrogen (secondary N) is 2. The standard InChI is InChI=1S/C34H33Cl2N5O5/c1-21-8-12-23-6-5-7-28(33(23)39-21)46-20-25-26(35)15-16-27(32(25)36)41(4)31(44)18-38-29(42)17-11-22-9-13-24(14-10-22)34(45)40(3)19-30(43)37-2/h5-17H,18-20H2,1-4H3,(H,37,43)(H,38,42)/b17-11+. The molecule has 4 rings (SSSR count). The molecule has 0 aliphatic rings. The highest BCUT2D eigenvalue weighted by Gasteiger charge is 2.19. The highest BCUT2D eigenvalue weighted by atomic mass is 35.5. The van der Waals surface area contributed by atoms with E-state index in [1.807, 2.05) is 37.3 Å². The Balaban J connectivity index is 1.34. The maximum Gasteiger partial charge on any atom is 0.254 e. The number of aromatic nitrogens is 1. The molecule has 4 aromatic rings. The number of carbonyl (C=O) groups is 4. The van der Waals surface area contributed by atoms with Gasteiger partial charge in [0.25, 0.3) is 5.91 Å². The van der Waals surface area contributed by atoms with Gasteiger partial charge in [-0.1, -0.05) is 53.5 Å². The van der Waals surface area contributed by atoms with Crippen LogP contribution >= 0.6 is 23.2 Å². The SMILES string of the molecule is CNC(=O)CN(C)C(=O)c1ccc(/C=C/C(=O)NCC(=O)N(C)c2ccc(Cl)c(COc3cccc4ccc(C)nc34)c2Cl)cc1. The molecule has 10 nitrogen and oxygen atoms in total. The van der Waals surface area contributed by atoms with Gasteiger partial charge in [-0.25, -0.2) is 4.98 Å². The quantitative estimate of drug-likeness (QED) is 0.217. The maximum absolute atomic E-state index is 13.0. The number of ether oxygens (including phenoxy) is 1. The van der Waals surface area contributed by atoms with Gasteiger partial charge >= 0.3 is 0 Å². The van der Waals surface area contributed by atoms with E-state index >= 15 is 0 Å². The number of hydrogen-bond acceptors (Lipinski definition) is 6. The van der Waals surface area contributed by atoms with Gasteiger partial charge in [0.05, 0.1) is 23.8 Å². The summed E-state index contributed by atoms with van der Waals surface area (Å²) in [7, 11) is 4.59. The summed E-state index contributed by atoms with van der Waals surface area (Å²) >= 11 is 13.2. The Kier molecular flexibility index (Phi) is 11.3. The van der Waals surface area contributed by atoms with Gasteiger partial charge in [-0.15, -0.1) is 0 Å². The van der Waals surface area contributed by atoms with E-state index in [0.29, 0.717) is 33.1 Å². The first-order chi connectivity index (χ1) is 22.0. The van der Waals surface area contributed by atoms with Crippen LogP contribution in [0.25, 0.3) is 17.0 Å². The van der Waals surface area contributed by atoms with E-state index in [9.17, 15) is 19.2 Å². The smallest absolute Gasteiger partial charge is 0.254 e. The normalized spacial score (nSPS) is 10.9. The number of likely N-dealkylation sites (N-methyl/N-ethyl adjacent to an activating group) is 3. The lowest BCUT2D eigenvalue weighted by Gasteiger charge is -2.21. The summed E-state index contributed by atoms with van der Waals surface area (Å²) in [6.07, 6.45) is 2.84. The van der Waals surface area contributed by atoms with Crippen molar-refractivity contribution in [2.75, 3.05) is 39.1 Å². The zero-order chi connectivity index (χ0) is 33.4. The first-order valence-electron chi connectivity index (χ1n) is 14.2. The molecular weight excluding hydrogens is 629 g/mol. The second-order valence-corrected chi connectivity index (χ2v) is 11.2. The van der Waals surface area contributed by atoms with Crippen LogP contribution < -0.4 is 20.3 Å². The van der Waals surface area contributed by atoms with Crippen molar-refractivity contribution < 1.29 is 23.9 Å². The number of anilines is 1. The fourth-order valence-electron chi connectivity index (χ4n) is 4.43. The van der Waals surface area contributed by atoms with Crippen LogP contribution in [-0.4, -0.2) is 67.7 Å². The molecule has 3 aromatic carbocycles. The predicted octanol–water partition coefficient (Wildman–Crippen LogP) is 5.04. The van der Waals surface area contributed by atoms with Crippen LogP contribution in [0.15, 0.2) is 72.8 Å². The Morgan fingerprint density at radius 1 is 0.957 bits per heavy atom. The Morgan fingerprint density at radius 3 is 2.41 bits per heavy atom. The number of para-hydroxylation sites is 1. The van der Waals surface area contributed by atoms with E-state index < -0.39 is 11.8 Å². The summed E-state index contributed by atoms with van der Waals surface area (Å²) in [5, 5.41) is 6.61. The number of amides is 4. The van der Waals surface area contributed by atoms with Crippen LogP contribution in [0.1, 0.15) is 27.2 Å². The molecule has 0 saturated carbocycles. The molecule has 0 atom stereocenters. The molecule has 0 saturated heterocycles. The number of rotatable bonds is 11. The summed E-state index contributed by atoms with van der Waals surface area (Å²) in [5.41, 5.74) is 3.55. The Hall–Kier alpha value is -4.93. The van der Waals surface area contributed by atoms with Gasteiger partial charge in [0.1, 0.15) is 17.9 Å². The molecule has 2 N–H and O–H groups in total. The zero-order valence-electron chi connectivity index (χ0n) is 25.8. The summed E-state index contributed by atoms with van der Waals surface area (Å²) in [6, 6.07) is 19.4. The number of fused-ring (bicyclic) bond motifs is 1. The molecular formula is C34H33Cl2N5O5. The van der Waals surface area contributed by atoms with E-state index in [-0.39, 0.29) is 36.5 Å². The van der Waals surface area contributed by atoms with Crippen molar-refractivity contribution in [3.63, 3.8) is 0 Å². The van der Waals surface area contributed by atoms with Gasteiger partial charge in [-0.05, 0) is 55.0 Å². The van der Waals surface area contributed by atoms with Crippen LogP contribution in [-0.2, 0) is 21.0 Å². The molecule has 0 radical (unpaired) electrons. The number of halogens is 2. The number of carbonyl (C=O) groups excluding carboxylic acids is 4. The van der Waals surface area contributed by atoms with Crippen molar-refractivity contribution in [3.05, 3.63) is 105 Å². The molecule has 46 heavy (non-hydrogen) atoms. The van der Waals surface area contributed by atoms with Gasteiger partial charge < -0.3 is 25.2 Å². The molecule has 238 valence electrons. The highest BCUT2D eigenvalue weighted by Crippen LogP contribution is 2.35. The second-order valence-electron chi connectivity index (χ2n) is 10.4. The molecule has 1 aromatic heterocycles. The maximum atomic E-state index is 13.0. The second kappa shape index (κ2) is 15.4. The average molecular weight is 663 g/mol. The van der Waals surface area contributed by atoms with Gasteiger partial charge in [0, 0.05) is 54.4 Å². The molecule has 0 fully saturated rings. The lowest BCUT2D eigenvalue weighted by atomic mass is 10.1. The molecule has 12 heteroatoms. The van der Waals surface area contributed by atoms with E-state index in [2.05, 4.69) is 15.6 Å². The Labute approximate surface area is 276 Å². The van der Waals surface area contributed by atoms with Crippen LogP contribution in [0.4, 0.5) is 5.69 Å². The third-order valence-corrected chi connectivity index (χ3v) is 7.88. The van der Waals surface area contributed by atoms with Crippen molar-refractivity contribution in [2.24, 2.45) is 0 Å². The van der Waals surface area contributed by atoms with E-state index in [0.717, 1.165) is 16.6 Å². The predicted molar refractivity (Wildman–Crippen MR) is 180 cm³/mol. The van der Waals surface area contributed by atoms with Crippen molar-refractivity contribution in [1.82, 2.24) is 20.5 Å². The van der Waals surface area contributed by atoms with Crippen molar-refractivity contribution in [1.29, 1.82) is 0 Å². The third-order valence-electron chi connectivity index (χ3n) is 7.10. The minimum absolute atomic E-state index is 0.0473. The Bertz CT molecular complexity index is 1810. The summed E-state index contributed by atoms with van der Waals surface area (Å²) in [4.78, 5) is 56.6. The number of aryl methyl sites for hydroxylation is 1. The van der Waals surface area contributed by atoms with E-state index in [4.69, 9.17) is 27.9 Å². The van der Waals surface area contributed by atoms with Crippen LogP contribution in [0.5, 0.6) is 5.75 Å². The molecule has 0 bridgehead atoms. The fourth-order valence-corrected chi connectivity index (χ4v) is 5.04. The number of benzene rings is 3. The monoisotopic (exact) mass is 661 g/mol. The van der Waals surface area contributed by atoms with Crippen LogP contribution in [0.2, 0.25) is 10.0 Å². The van der Waals surface area contributed by atoms with E-state index in [1.165, 1.54) is 30.0 Å².